The summed E-state index contributed by atoms with van der Waals surface area (Å²) in [6, 6.07) is 5.73. The minimum absolute atomic E-state index is 0.0564. The number of nitrogens with two attached hydrogens (primary N) is 2. The molecule has 0 unspecified atom stereocenters. The maximum Gasteiger partial charge on any atom is 0.340 e. The van der Waals surface area contributed by atoms with Crippen LogP contribution in [0.1, 0.15) is 21.9 Å². The minimum atomic E-state index is -0.608. The van der Waals surface area contributed by atoms with Crippen LogP contribution in [0.4, 0.5) is 16.3 Å². The molecule has 0 saturated heterocycles. The third-order valence-corrected chi connectivity index (χ3v) is 3.24. The molecule has 3 rings (SSSR count). The molecule has 0 fully saturated rings. The number of carbonyl (C=O) groups excluding carboxylic acids is 1. The van der Waals surface area contributed by atoms with Crippen LogP contribution in [0.15, 0.2) is 24.3 Å². The SMILES string of the molecule is Cc1nc2cc(F)ccc2cc1C(=O)OCc1nc(N)nc(N)n1. The summed E-state index contributed by atoms with van der Waals surface area (Å²) in [7, 11) is 0. The van der Waals surface area contributed by atoms with Gasteiger partial charge in [0.1, 0.15) is 5.82 Å². The quantitative estimate of drug-likeness (QED) is 0.690. The van der Waals surface area contributed by atoms with Gasteiger partial charge < -0.3 is 16.2 Å². The van der Waals surface area contributed by atoms with Gasteiger partial charge in [0.2, 0.25) is 11.9 Å². The number of pyridine rings is 1. The van der Waals surface area contributed by atoms with Gasteiger partial charge in [-0.15, -0.1) is 0 Å². The van der Waals surface area contributed by atoms with Crippen LogP contribution in [0.5, 0.6) is 0 Å². The van der Waals surface area contributed by atoms with Crippen molar-refractivity contribution in [3.05, 3.63) is 47.2 Å². The number of hydrogen-bond donors (Lipinski definition) is 2. The second-order valence-corrected chi connectivity index (χ2v) is 5.00. The van der Waals surface area contributed by atoms with Crippen molar-refractivity contribution >= 4 is 28.8 Å². The van der Waals surface area contributed by atoms with Gasteiger partial charge in [-0.3, -0.25) is 4.98 Å². The number of anilines is 2. The highest BCUT2D eigenvalue weighted by Gasteiger charge is 2.15. The Morgan fingerprint density at radius 1 is 1.12 bits per heavy atom. The van der Waals surface area contributed by atoms with Crippen LogP contribution < -0.4 is 11.5 Å². The van der Waals surface area contributed by atoms with E-state index in [1.807, 2.05) is 0 Å². The van der Waals surface area contributed by atoms with E-state index in [0.717, 1.165) is 0 Å². The van der Waals surface area contributed by atoms with E-state index in [4.69, 9.17) is 16.2 Å². The number of aromatic nitrogens is 4. The smallest absolute Gasteiger partial charge is 0.340 e. The number of fused-ring (bicyclic) bond motifs is 1. The molecule has 2 aromatic heterocycles. The first-order valence-corrected chi connectivity index (χ1v) is 6.92. The molecule has 0 aliphatic carbocycles. The molecule has 1 aromatic carbocycles. The van der Waals surface area contributed by atoms with Crippen LogP contribution in [0, 0.1) is 12.7 Å². The van der Waals surface area contributed by atoms with Crippen molar-refractivity contribution in [2.75, 3.05) is 11.5 Å². The average molecular weight is 328 g/mol. The first-order valence-electron chi connectivity index (χ1n) is 6.92. The third kappa shape index (κ3) is 3.19. The lowest BCUT2D eigenvalue weighted by molar-refractivity contribution is 0.0461. The second kappa shape index (κ2) is 6.03. The van der Waals surface area contributed by atoms with Crippen LogP contribution in [-0.4, -0.2) is 25.9 Å². The van der Waals surface area contributed by atoms with Crippen LogP contribution in [0.2, 0.25) is 0 Å². The lowest BCUT2D eigenvalue weighted by atomic mass is 10.1. The molecule has 0 spiro atoms. The Morgan fingerprint density at radius 3 is 2.54 bits per heavy atom. The second-order valence-electron chi connectivity index (χ2n) is 5.00. The van der Waals surface area contributed by atoms with Crippen molar-refractivity contribution in [1.82, 2.24) is 19.9 Å². The minimum Gasteiger partial charge on any atom is -0.454 e. The lowest BCUT2D eigenvalue weighted by Crippen LogP contribution is -2.12. The zero-order valence-electron chi connectivity index (χ0n) is 12.7. The molecule has 0 saturated carbocycles. The van der Waals surface area contributed by atoms with Gasteiger partial charge in [0, 0.05) is 11.5 Å². The van der Waals surface area contributed by atoms with Gasteiger partial charge in [-0.25, -0.2) is 9.18 Å². The topological polar surface area (TPSA) is 130 Å². The van der Waals surface area contributed by atoms with Gasteiger partial charge >= 0.3 is 5.97 Å². The summed E-state index contributed by atoms with van der Waals surface area (Å²) in [5.74, 6) is -0.974. The van der Waals surface area contributed by atoms with E-state index in [0.29, 0.717) is 16.6 Å². The molecule has 0 radical (unpaired) electrons. The Morgan fingerprint density at radius 2 is 1.83 bits per heavy atom. The summed E-state index contributed by atoms with van der Waals surface area (Å²) >= 11 is 0. The molecule has 0 aliphatic heterocycles. The number of ether oxygens (including phenoxy) is 1. The fourth-order valence-corrected chi connectivity index (χ4v) is 2.17. The van der Waals surface area contributed by atoms with Crippen LogP contribution in [0.25, 0.3) is 10.9 Å². The van der Waals surface area contributed by atoms with Gasteiger partial charge in [-0.2, -0.15) is 15.0 Å². The standard InChI is InChI=1S/C15H13FN6O2/c1-7-10(4-8-2-3-9(16)5-11(8)19-7)13(23)24-6-12-20-14(17)22-15(18)21-12/h2-5H,6H2,1H3,(H4,17,18,20,21,22). The van der Waals surface area contributed by atoms with Gasteiger partial charge in [0.25, 0.3) is 0 Å². The summed E-state index contributed by atoms with van der Waals surface area (Å²) < 4.78 is 18.4. The molecule has 8 nitrogen and oxygen atoms in total. The molecule has 0 atom stereocenters. The highest BCUT2D eigenvalue weighted by molar-refractivity contribution is 5.95. The summed E-state index contributed by atoms with van der Waals surface area (Å²) in [4.78, 5) is 27.7. The molecule has 9 heteroatoms. The van der Waals surface area contributed by atoms with Crippen LogP contribution >= 0.6 is 0 Å². The number of rotatable bonds is 3. The number of halogens is 1. The first kappa shape index (κ1) is 15.5. The third-order valence-electron chi connectivity index (χ3n) is 3.24. The molecule has 0 amide bonds. The first-order chi connectivity index (χ1) is 11.4. The zero-order chi connectivity index (χ0) is 17.3. The Kier molecular flexibility index (Phi) is 3.90. The molecule has 24 heavy (non-hydrogen) atoms. The van der Waals surface area contributed by atoms with Crippen molar-refractivity contribution in [3.8, 4) is 0 Å². The normalized spacial score (nSPS) is 10.8. The van der Waals surface area contributed by atoms with E-state index in [2.05, 4.69) is 19.9 Å². The predicted molar refractivity (Wildman–Crippen MR) is 84.2 cm³/mol. The van der Waals surface area contributed by atoms with E-state index in [1.165, 1.54) is 12.1 Å². The molecular weight excluding hydrogens is 315 g/mol. The van der Waals surface area contributed by atoms with Crippen molar-refractivity contribution < 1.29 is 13.9 Å². The maximum atomic E-state index is 13.2. The number of nitrogen functional groups attached to an aromatic ring is 2. The molecule has 122 valence electrons. The van der Waals surface area contributed by atoms with E-state index < -0.39 is 11.8 Å². The number of benzene rings is 1. The Labute approximate surface area is 135 Å². The predicted octanol–water partition coefficient (Wildman–Crippen LogP) is 1.39. The summed E-state index contributed by atoms with van der Waals surface area (Å²) in [5, 5.41) is 0.627. The molecule has 0 bridgehead atoms. The van der Waals surface area contributed by atoms with Gasteiger partial charge in [0.05, 0.1) is 16.8 Å². The lowest BCUT2D eigenvalue weighted by Gasteiger charge is -2.08. The highest BCUT2D eigenvalue weighted by atomic mass is 19.1. The number of carbonyl (C=O) groups is 1. The Bertz CT molecular complexity index is 926. The van der Waals surface area contributed by atoms with Gasteiger partial charge in [0.15, 0.2) is 12.4 Å². The molecular formula is C15H13FN6O2. The van der Waals surface area contributed by atoms with Gasteiger partial charge in [-0.1, -0.05) is 0 Å². The van der Waals surface area contributed by atoms with Crippen molar-refractivity contribution in [2.24, 2.45) is 0 Å². The molecule has 0 aliphatic rings. The Hall–Kier alpha value is -3.36. The molecule has 2 heterocycles. The number of aryl methyl sites for hydroxylation is 1. The van der Waals surface area contributed by atoms with Crippen molar-refractivity contribution in [1.29, 1.82) is 0 Å². The van der Waals surface area contributed by atoms with Crippen molar-refractivity contribution in [2.45, 2.75) is 13.5 Å². The monoisotopic (exact) mass is 328 g/mol. The largest absolute Gasteiger partial charge is 0.454 e. The van der Waals surface area contributed by atoms with E-state index in [9.17, 15) is 9.18 Å². The summed E-state index contributed by atoms with van der Waals surface area (Å²) in [6.07, 6.45) is 0. The van der Waals surface area contributed by atoms with E-state index in [1.54, 1.807) is 19.1 Å². The zero-order valence-corrected chi connectivity index (χ0v) is 12.7. The highest BCUT2D eigenvalue weighted by Crippen LogP contribution is 2.18. The van der Waals surface area contributed by atoms with E-state index in [-0.39, 0.29) is 29.9 Å². The number of nitrogens with zero attached hydrogens (tertiary/aromatic N) is 4. The average Bonchev–Trinajstić information content (AvgIpc) is 2.51. The number of hydrogen-bond acceptors (Lipinski definition) is 8. The van der Waals surface area contributed by atoms with E-state index >= 15 is 0 Å². The van der Waals surface area contributed by atoms with Crippen LogP contribution in [-0.2, 0) is 11.3 Å². The molecule has 3 aromatic rings. The number of esters is 1. The van der Waals surface area contributed by atoms with Gasteiger partial charge in [-0.05, 0) is 25.1 Å². The fraction of sp³-hybridized carbons (Fsp3) is 0.133. The van der Waals surface area contributed by atoms with Crippen LogP contribution in [0.3, 0.4) is 0 Å². The summed E-state index contributed by atoms with van der Waals surface area (Å²) in [5.41, 5.74) is 12.1. The Balaban J connectivity index is 1.83. The molecule has 4 N–H and O–H groups in total. The fourth-order valence-electron chi connectivity index (χ4n) is 2.17. The maximum absolute atomic E-state index is 13.2. The van der Waals surface area contributed by atoms with Crippen molar-refractivity contribution in [3.63, 3.8) is 0 Å². The summed E-state index contributed by atoms with van der Waals surface area (Å²) in [6.45, 7) is 1.43.